The van der Waals surface area contributed by atoms with Gasteiger partial charge in [-0.3, -0.25) is 4.79 Å². The number of ether oxygens (including phenoxy) is 1. The molecule has 0 heterocycles. The van der Waals surface area contributed by atoms with E-state index in [4.69, 9.17) is 14.8 Å². The number of esters is 1. The number of benzene rings is 1. The van der Waals surface area contributed by atoms with Crippen molar-refractivity contribution in [1.82, 2.24) is 0 Å². The van der Waals surface area contributed by atoms with Crippen molar-refractivity contribution in [2.75, 3.05) is 12.4 Å². The van der Waals surface area contributed by atoms with Crippen LogP contribution in [-0.4, -0.2) is 48.5 Å². The summed E-state index contributed by atoms with van der Waals surface area (Å²) in [6, 6.07) is 6.74. The maximum absolute atomic E-state index is 12.0. The molecule has 0 aliphatic rings. The van der Waals surface area contributed by atoms with E-state index >= 15 is 0 Å². The van der Waals surface area contributed by atoms with Crippen LogP contribution in [0, 0.1) is 5.92 Å². The molecule has 0 aliphatic carbocycles. The van der Waals surface area contributed by atoms with Gasteiger partial charge in [-0.1, -0.05) is 38.1 Å². The Morgan fingerprint density at radius 1 is 1.28 bits per heavy atom. The van der Waals surface area contributed by atoms with Crippen LogP contribution in [0.1, 0.15) is 38.2 Å². The Morgan fingerprint density at radius 3 is 2.28 bits per heavy atom. The van der Waals surface area contributed by atoms with Gasteiger partial charge in [-0.25, -0.2) is 8.42 Å². The predicted octanol–water partition coefficient (Wildman–Crippen LogP) is -3.02. The second-order valence-electron chi connectivity index (χ2n) is 5.71. The van der Waals surface area contributed by atoms with Gasteiger partial charge in [0, 0.05) is 0 Å². The minimum atomic E-state index is -4.40. The van der Waals surface area contributed by atoms with Crippen molar-refractivity contribution in [3.8, 4) is 0 Å². The smallest absolute Gasteiger partial charge is 0.748 e. The van der Waals surface area contributed by atoms with Gasteiger partial charge in [0.15, 0.2) is 0 Å². The Bertz CT molecular complexity index is 634. The van der Waals surface area contributed by atoms with Crippen LogP contribution >= 0.6 is 0 Å². The Labute approximate surface area is 171 Å². The van der Waals surface area contributed by atoms with E-state index in [0.717, 1.165) is 5.56 Å². The van der Waals surface area contributed by atoms with Gasteiger partial charge in [0.2, 0.25) is 0 Å². The molecule has 1 rings (SSSR count). The zero-order chi connectivity index (χ0) is 18.3. The molecule has 1 aromatic carbocycles. The third-order valence-electron chi connectivity index (χ3n) is 3.85. The van der Waals surface area contributed by atoms with E-state index in [1.165, 1.54) is 0 Å². The van der Waals surface area contributed by atoms with Crippen molar-refractivity contribution in [2.45, 2.75) is 32.6 Å². The molecule has 10 heteroatoms. The molecular formula is C15H22BNaO7S. The summed E-state index contributed by atoms with van der Waals surface area (Å²) in [6.07, 6.45) is 1.03. The molecule has 25 heavy (non-hydrogen) atoms. The number of hydrogen-bond acceptors (Lipinski definition) is 7. The van der Waals surface area contributed by atoms with Crippen LogP contribution in [0.15, 0.2) is 24.3 Å². The monoisotopic (exact) mass is 380 g/mol. The molecule has 0 radical (unpaired) electrons. The minimum Gasteiger partial charge on any atom is -0.748 e. The first kappa shape index (κ1) is 24.6. The van der Waals surface area contributed by atoms with E-state index in [0.29, 0.717) is 18.3 Å². The summed E-state index contributed by atoms with van der Waals surface area (Å²) in [6.45, 7) is 3.33. The number of hydrogen-bond donors (Lipinski definition) is 2. The van der Waals surface area contributed by atoms with Gasteiger partial charge < -0.3 is 19.3 Å². The molecule has 134 valence electrons. The summed E-state index contributed by atoms with van der Waals surface area (Å²) in [5, 5.41) is 18.2. The largest absolute Gasteiger partial charge is 1.00 e. The average Bonchev–Trinajstić information content (AvgIpc) is 2.51. The molecule has 7 nitrogen and oxygen atoms in total. The van der Waals surface area contributed by atoms with E-state index in [2.05, 4.69) is 0 Å². The van der Waals surface area contributed by atoms with Gasteiger partial charge in [-0.15, -0.1) is 0 Å². The van der Waals surface area contributed by atoms with Gasteiger partial charge in [-0.2, -0.15) is 0 Å². The molecular weight excluding hydrogens is 358 g/mol. The van der Waals surface area contributed by atoms with E-state index in [9.17, 15) is 17.8 Å². The van der Waals surface area contributed by atoms with Gasteiger partial charge in [0.05, 0.1) is 21.8 Å². The van der Waals surface area contributed by atoms with Gasteiger partial charge >= 0.3 is 42.6 Å². The third kappa shape index (κ3) is 9.19. The minimum absolute atomic E-state index is 0. The van der Waals surface area contributed by atoms with E-state index in [1.807, 2.05) is 13.8 Å². The topological polar surface area (TPSA) is 124 Å². The zero-order valence-corrected chi connectivity index (χ0v) is 17.5. The molecule has 0 bridgehead atoms. The number of rotatable bonds is 9. The summed E-state index contributed by atoms with van der Waals surface area (Å²) in [5.41, 5.74) is 1.32. The van der Waals surface area contributed by atoms with Crippen molar-refractivity contribution >= 4 is 28.7 Å². The molecule has 0 spiro atoms. The predicted molar refractivity (Wildman–Crippen MR) is 88.6 cm³/mol. The maximum atomic E-state index is 12.0. The summed E-state index contributed by atoms with van der Waals surface area (Å²) in [5.74, 6) is -1.63. The maximum Gasteiger partial charge on any atom is 1.00 e. The number of carbonyl (C=O) groups is 1. The standard InChI is InChI=1S/C15H23BO7S.Na/c1-3-12(15(17)23-8-9-24(20,21)22)10-11(2)13-4-6-14(7-5-13)16(18)19;/h4-7,11-12,18-19H,3,8-10H2,1-2H3,(H,20,21,22);/q;+1/p-1. The molecule has 0 amide bonds. The molecule has 0 aromatic heterocycles. The Kier molecular flexibility index (Phi) is 11.1. The Morgan fingerprint density at radius 2 is 1.84 bits per heavy atom. The van der Waals surface area contributed by atoms with E-state index < -0.39 is 41.5 Å². The van der Waals surface area contributed by atoms with Crippen molar-refractivity contribution in [3.63, 3.8) is 0 Å². The van der Waals surface area contributed by atoms with Gasteiger partial charge in [0.1, 0.15) is 6.61 Å². The fourth-order valence-electron chi connectivity index (χ4n) is 2.35. The van der Waals surface area contributed by atoms with Crippen LogP contribution in [0.3, 0.4) is 0 Å². The van der Waals surface area contributed by atoms with Crippen molar-refractivity contribution in [3.05, 3.63) is 29.8 Å². The first-order chi connectivity index (χ1) is 11.1. The first-order valence-corrected chi connectivity index (χ1v) is 9.28. The molecule has 1 aromatic rings. The molecule has 2 atom stereocenters. The van der Waals surface area contributed by atoms with Crippen LogP contribution in [-0.2, 0) is 19.6 Å². The molecule has 0 saturated carbocycles. The molecule has 0 aliphatic heterocycles. The quantitative estimate of drug-likeness (QED) is 0.266. The van der Waals surface area contributed by atoms with Crippen LogP contribution in [0.25, 0.3) is 0 Å². The van der Waals surface area contributed by atoms with Gasteiger partial charge in [-0.05, 0) is 29.8 Å². The third-order valence-corrected chi connectivity index (χ3v) is 4.51. The Balaban J connectivity index is 0.00000576. The second kappa shape index (κ2) is 11.3. The van der Waals surface area contributed by atoms with Crippen molar-refractivity contribution < 1.29 is 62.1 Å². The first-order valence-electron chi connectivity index (χ1n) is 7.70. The number of carbonyl (C=O) groups excluding carboxylic acids is 1. The fourth-order valence-corrected chi connectivity index (χ4v) is 2.64. The summed E-state index contributed by atoms with van der Waals surface area (Å²) in [7, 11) is -5.92. The summed E-state index contributed by atoms with van der Waals surface area (Å²) < 4.78 is 36.4. The van der Waals surface area contributed by atoms with Crippen LogP contribution < -0.4 is 35.0 Å². The Hall–Kier alpha value is -0.415. The van der Waals surface area contributed by atoms with E-state index in [-0.39, 0.29) is 35.5 Å². The van der Waals surface area contributed by atoms with Crippen molar-refractivity contribution in [2.24, 2.45) is 5.92 Å². The van der Waals surface area contributed by atoms with Crippen LogP contribution in [0.4, 0.5) is 0 Å². The SMILES string of the molecule is CCC(CC(C)c1ccc(B(O)O)cc1)C(=O)OCCS(=O)(=O)[O-].[Na+]. The second-order valence-corrected chi connectivity index (χ2v) is 7.24. The fraction of sp³-hybridized carbons (Fsp3) is 0.533. The normalized spacial score (nSPS) is 13.5. The van der Waals surface area contributed by atoms with Gasteiger partial charge in [0.25, 0.3) is 0 Å². The summed E-state index contributed by atoms with van der Waals surface area (Å²) in [4.78, 5) is 12.0. The van der Waals surface area contributed by atoms with Crippen LogP contribution in [0.5, 0.6) is 0 Å². The van der Waals surface area contributed by atoms with E-state index in [1.54, 1.807) is 24.3 Å². The van der Waals surface area contributed by atoms with Crippen molar-refractivity contribution in [1.29, 1.82) is 0 Å². The zero-order valence-electron chi connectivity index (χ0n) is 14.7. The molecule has 2 N–H and O–H groups in total. The van der Waals surface area contributed by atoms with Crippen LogP contribution in [0.2, 0.25) is 0 Å². The molecule has 0 saturated heterocycles. The average molecular weight is 380 g/mol. The molecule has 0 fully saturated rings. The summed E-state index contributed by atoms with van der Waals surface area (Å²) >= 11 is 0. The molecule has 2 unspecified atom stereocenters.